The van der Waals surface area contributed by atoms with Crippen LogP contribution in [0.25, 0.3) is 0 Å². The number of ether oxygens (including phenoxy) is 1. The Kier molecular flexibility index (Phi) is 5.86. The number of aryl methyl sites for hydroxylation is 1. The summed E-state index contributed by atoms with van der Waals surface area (Å²) in [5.41, 5.74) is 0.912. The van der Waals surface area contributed by atoms with Gasteiger partial charge < -0.3 is 14.7 Å². The second kappa shape index (κ2) is 7.17. The molecule has 112 valence electrons. The topological polar surface area (TPSA) is 49.8 Å². The second-order valence-corrected chi connectivity index (χ2v) is 5.91. The number of carbonyl (C=O) groups is 1. The molecule has 0 aromatic heterocycles. The van der Waals surface area contributed by atoms with Gasteiger partial charge in [-0.1, -0.05) is 12.1 Å². The summed E-state index contributed by atoms with van der Waals surface area (Å²) in [7, 11) is 1.65. The van der Waals surface area contributed by atoms with Gasteiger partial charge in [0.2, 0.25) is 0 Å². The van der Waals surface area contributed by atoms with Crippen LogP contribution >= 0.6 is 0 Å². The number of rotatable bonds is 6. The molecule has 1 aromatic carbocycles. The van der Waals surface area contributed by atoms with Crippen molar-refractivity contribution in [3.63, 3.8) is 0 Å². The van der Waals surface area contributed by atoms with E-state index < -0.39 is 6.09 Å². The number of hydrogen-bond acceptors (Lipinski definition) is 2. The fraction of sp³-hybridized carbons (Fsp3) is 0.562. The molecule has 4 nitrogen and oxygen atoms in total. The molecule has 0 unspecified atom stereocenters. The van der Waals surface area contributed by atoms with E-state index in [1.54, 1.807) is 7.11 Å². The lowest BCUT2D eigenvalue weighted by Crippen LogP contribution is -2.45. The summed E-state index contributed by atoms with van der Waals surface area (Å²) >= 11 is 0. The minimum Gasteiger partial charge on any atom is -0.497 e. The highest BCUT2D eigenvalue weighted by Gasteiger charge is 2.25. The van der Waals surface area contributed by atoms with Gasteiger partial charge in [-0.15, -0.1) is 0 Å². The first kappa shape index (κ1) is 16.3. The molecule has 0 spiro atoms. The summed E-state index contributed by atoms with van der Waals surface area (Å²) in [6, 6.07) is 8.01. The summed E-state index contributed by atoms with van der Waals surface area (Å²) in [6.07, 6.45) is 1.96. The van der Waals surface area contributed by atoms with Crippen LogP contribution in [0.4, 0.5) is 4.79 Å². The first-order valence-electron chi connectivity index (χ1n) is 6.98. The van der Waals surface area contributed by atoms with Crippen LogP contribution in [0.3, 0.4) is 0 Å². The molecule has 0 aliphatic carbocycles. The lowest BCUT2D eigenvalue weighted by atomic mass is 10.0. The van der Waals surface area contributed by atoms with Gasteiger partial charge >= 0.3 is 6.09 Å². The van der Waals surface area contributed by atoms with Gasteiger partial charge in [-0.05, 0) is 57.7 Å². The first-order chi connectivity index (χ1) is 9.34. The molecule has 1 N–H and O–H groups in total. The van der Waals surface area contributed by atoms with Crippen molar-refractivity contribution in [1.82, 2.24) is 4.90 Å². The Morgan fingerprint density at radius 3 is 2.25 bits per heavy atom. The van der Waals surface area contributed by atoms with Crippen LogP contribution in [0.2, 0.25) is 0 Å². The van der Waals surface area contributed by atoms with Gasteiger partial charge in [0.15, 0.2) is 0 Å². The number of unbranched alkanes of at least 4 members (excludes halogenated alkanes) is 1. The van der Waals surface area contributed by atoms with Gasteiger partial charge in [0, 0.05) is 12.1 Å². The zero-order chi connectivity index (χ0) is 15.2. The Morgan fingerprint density at radius 2 is 1.80 bits per heavy atom. The van der Waals surface area contributed by atoms with Crippen molar-refractivity contribution in [1.29, 1.82) is 0 Å². The van der Waals surface area contributed by atoms with E-state index in [1.807, 2.05) is 32.9 Å². The SMILES string of the molecule is COc1ccc(CCCCN(C(=O)O)C(C)(C)C)cc1. The van der Waals surface area contributed by atoms with E-state index in [4.69, 9.17) is 4.74 Å². The van der Waals surface area contributed by atoms with E-state index in [-0.39, 0.29) is 5.54 Å². The second-order valence-electron chi connectivity index (χ2n) is 5.91. The van der Waals surface area contributed by atoms with Crippen molar-refractivity contribution in [3.05, 3.63) is 29.8 Å². The molecule has 0 bridgehead atoms. The van der Waals surface area contributed by atoms with Crippen LogP contribution in [0.15, 0.2) is 24.3 Å². The highest BCUT2D eigenvalue weighted by molar-refractivity contribution is 5.65. The lowest BCUT2D eigenvalue weighted by molar-refractivity contribution is 0.0991. The molecule has 1 rings (SSSR count). The zero-order valence-corrected chi connectivity index (χ0v) is 12.8. The quantitative estimate of drug-likeness (QED) is 0.806. The van der Waals surface area contributed by atoms with E-state index in [1.165, 1.54) is 10.5 Å². The van der Waals surface area contributed by atoms with Crippen molar-refractivity contribution in [2.75, 3.05) is 13.7 Å². The molecular weight excluding hydrogens is 254 g/mol. The molecule has 0 atom stereocenters. The summed E-state index contributed by atoms with van der Waals surface area (Å²) in [6.45, 7) is 6.34. The zero-order valence-electron chi connectivity index (χ0n) is 12.8. The summed E-state index contributed by atoms with van der Waals surface area (Å²) in [4.78, 5) is 12.7. The normalized spacial score (nSPS) is 11.2. The van der Waals surface area contributed by atoms with Gasteiger partial charge in [0.1, 0.15) is 5.75 Å². The van der Waals surface area contributed by atoms with E-state index in [2.05, 4.69) is 12.1 Å². The van der Waals surface area contributed by atoms with E-state index >= 15 is 0 Å². The largest absolute Gasteiger partial charge is 0.497 e. The molecule has 0 saturated heterocycles. The minimum absolute atomic E-state index is 0.341. The number of carboxylic acid groups (broad SMARTS) is 1. The van der Waals surface area contributed by atoms with Crippen LogP contribution in [0, 0.1) is 0 Å². The molecule has 1 aromatic rings. The van der Waals surface area contributed by atoms with Gasteiger partial charge in [-0.2, -0.15) is 0 Å². The molecule has 0 heterocycles. The maximum atomic E-state index is 11.2. The molecule has 1 amide bonds. The van der Waals surface area contributed by atoms with Crippen molar-refractivity contribution in [2.24, 2.45) is 0 Å². The maximum absolute atomic E-state index is 11.2. The van der Waals surface area contributed by atoms with Gasteiger partial charge in [-0.3, -0.25) is 0 Å². The van der Waals surface area contributed by atoms with E-state index in [0.29, 0.717) is 6.54 Å². The molecule has 0 fully saturated rings. The number of methoxy groups -OCH3 is 1. The van der Waals surface area contributed by atoms with Crippen molar-refractivity contribution >= 4 is 6.09 Å². The first-order valence-corrected chi connectivity index (χ1v) is 6.98. The van der Waals surface area contributed by atoms with Crippen LogP contribution in [0.1, 0.15) is 39.2 Å². The maximum Gasteiger partial charge on any atom is 0.407 e. The number of hydrogen-bond donors (Lipinski definition) is 1. The Balaban J connectivity index is 2.38. The third-order valence-corrected chi connectivity index (χ3v) is 3.30. The summed E-state index contributed by atoms with van der Waals surface area (Å²) in [5.74, 6) is 0.860. The fourth-order valence-electron chi connectivity index (χ4n) is 2.11. The van der Waals surface area contributed by atoms with Gasteiger partial charge in [0.25, 0.3) is 0 Å². The average Bonchev–Trinajstić information content (AvgIpc) is 2.37. The minimum atomic E-state index is -0.845. The van der Waals surface area contributed by atoms with Crippen LogP contribution in [0.5, 0.6) is 5.75 Å². The van der Waals surface area contributed by atoms with Gasteiger partial charge in [-0.25, -0.2) is 4.79 Å². The third kappa shape index (κ3) is 5.11. The Bertz CT molecular complexity index is 420. The smallest absolute Gasteiger partial charge is 0.407 e. The van der Waals surface area contributed by atoms with Crippen molar-refractivity contribution in [3.8, 4) is 5.75 Å². The summed E-state index contributed by atoms with van der Waals surface area (Å²) < 4.78 is 5.12. The fourth-order valence-corrected chi connectivity index (χ4v) is 2.11. The van der Waals surface area contributed by atoms with Crippen LogP contribution < -0.4 is 4.74 Å². The number of benzene rings is 1. The number of nitrogens with zero attached hydrogens (tertiary/aromatic N) is 1. The Hall–Kier alpha value is -1.71. The molecular formula is C16H25NO3. The standard InChI is InChI=1S/C16H25NO3/c1-16(2,3)17(15(18)19)12-6-5-7-13-8-10-14(20-4)11-9-13/h8-11H,5-7,12H2,1-4H3,(H,18,19). The molecule has 0 saturated carbocycles. The Labute approximate surface area is 121 Å². The highest BCUT2D eigenvalue weighted by Crippen LogP contribution is 2.16. The van der Waals surface area contributed by atoms with Crippen molar-refractivity contribution in [2.45, 2.75) is 45.6 Å². The molecule has 0 radical (unpaired) electrons. The van der Waals surface area contributed by atoms with Gasteiger partial charge in [0.05, 0.1) is 7.11 Å². The highest BCUT2D eigenvalue weighted by atomic mass is 16.5. The lowest BCUT2D eigenvalue weighted by Gasteiger charge is -2.33. The number of amides is 1. The van der Waals surface area contributed by atoms with Crippen molar-refractivity contribution < 1.29 is 14.6 Å². The predicted octanol–water partition coefficient (Wildman–Crippen LogP) is 3.80. The molecule has 20 heavy (non-hydrogen) atoms. The summed E-state index contributed by atoms with van der Waals surface area (Å²) in [5, 5.41) is 9.19. The van der Waals surface area contributed by atoms with Crippen LogP contribution in [-0.4, -0.2) is 35.3 Å². The third-order valence-electron chi connectivity index (χ3n) is 3.30. The average molecular weight is 279 g/mol. The monoisotopic (exact) mass is 279 g/mol. The van der Waals surface area contributed by atoms with E-state index in [0.717, 1.165) is 25.0 Å². The molecule has 0 aliphatic rings. The molecule has 4 heteroatoms. The predicted molar refractivity (Wildman–Crippen MR) is 80.4 cm³/mol. The van der Waals surface area contributed by atoms with E-state index in [9.17, 15) is 9.90 Å². The molecule has 0 aliphatic heterocycles. The Morgan fingerprint density at radius 1 is 1.20 bits per heavy atom. The van der Waals surface area contributed by atoms with Crippen LogP contribution in [-0.2, 0) is 6.42 Å².